The van der Waals surface area contributed by atoms with Gasteiger partial charge >= 0.3 is 0 Å². The van der Waals surface area contributed by atoms with Crippen LogP contribution in [0.1, 0.15) is 5.56 Å². The van der Waals surface area contributed by atoms with Crippen molar-refractivity contribution in [1.82, 2.24) is 4.90 Å². The summed E-state index contributed by atoms with van der Waals surface area (Å²) in [7, 11) is 0. The average Bonchev–Trinajstić information content (AvgIpc) is 2.81. The van der Waals surface area contributed by atoms with Gasteiger partial charge in [-0.2, -0.15) is 0 Å². The first-order valence-electron chi connectivity index (χ1n) is 5.06. The third-order valence-electron chi connectivity index (χ3n) is 2.35. The number of hydrogen-bond acceptors (Lipinski definition) is 2. The molecule has 0 unspecified atom stereocenters. The molecule has 0 aliphatic carbocycles. The highest BCUT2D eigenvalue weighted by Crippen LogP contribution is 2.06. The maximum Gasteiger partial charge on any atom is 0.248 e. The summed E-state index contributed by atoms with van der Waals surface area (Å²) in [6.45, 7) is 1.58. The third kappa shape index (κ3) is 2.67. The van der Waals surface area contributed by atoms with E-state index < -0.39 is 0 Å². The summed E-state index contributed by atoms with van der Waals surface area (Å²) in [5.41, 5.74) is 0.801. The first-order valence-corrected chi connectivity index (χ1v) is 5.06. The Kier molecular flexibility index (Phi) is 3.31. The standard InChI is InChI=1S/C12H12FNO2/c13-11-4-1-10(2-5-11)3-6-12(15)14-7-8-16-9-14/h1-6H,7-9H2. The summed E-state index contributed by atoms with van der Waals surface area (Å²) in [6.07, 6.45) is 3.14. The van der Waals surface area contributed by atoms with Crippen LogP contribution in [0.15, 0.2) is 30.3 Å². The highest BCUT2D eigenvalue weighted by Gasteiger charge is 2.15. The molecule has 0 radical (unpaired) electrons. The van der Waals surface area contributed by atoms with Gasteiger partial charge in [0.25, 0.3) is 0 Å². The molecule has 0 aromatic heterocycles. The Morgan fingerprint density at radius 2 is 2.12 bits per heavy atom. The van der Waals surface area contributed by atoms with Crippen LogP contribution in [-0.2, 0) is 9.53 Å². The number of hydrogen-bond donors (Lipinski definition) is 0. The van der Waals surface area contributed by atoms with Crippen molar-refractivity contribution in [2.75, 3.05) is 19.9 Å². The van der Waals surface area contributed by atoms with E-state index in [2.05, 4.69) is 0 Å². The molecule has 84 valence electrons. The molecule has 1 aromatic rings. The van der Waals surface area contributed by atoms with Crippen molar-refractivity contribution in [2.45, 2.75) is 0 Å². The number of rotatable bonds is 2. The number of carbonyl (C=O) groups is 1. The number of benzene rings is 1. The lowest BCUT2D eigenvalue weighted by Crippen LogP contribution is -2.26. The van der Waals surface area contributed by atoms with Gasteiger partial charge in [-0.15, -0.1) is 0 Å². The van der Waals surface area contributed by atoms with Gasteiger partial charge in [0.2, 0.25) is 5.91 Å². The van der Waals surface area contributed by atoms with Gasteiger partial charge in [-0.3, -0.25) is 4.79 Å². The van der Waals surface area contributed by atoms with Crippen molar-refractivity contribution in [1.29, 1.82) is 0 Å². The Morgan fingerprint density at radius 3 is 2.75 bits per heavy atom. The van der Waals surface area contributed by atoms with Crippen LogP contribution >= 0.6 is 0 Å². The van der Waals surface area contributed by atoms with Gasteiger partial charge in [0.15, 0.2) is 0 Å². The average molecular weight is 221 g/mol. The predicted octanol–water partition coefficient (Wildman–Crippen LogP) is 1.66. The Hall–Kier alpha value is -1.68. The molecule has 1 aromatic carbocycles. The summed E-state index contributed by atoms with van der Waals surface area (Å²) in [5.74, 6) is -0.363. The van der Waals surface area contributed by atoms with Crippen LogP contribution in [0, 0.1) is 5.82 Å². The van der Waals surface area contributed by atoms with E-state index in [0.29, 0.717) is 19.9 Å². The highest BCUT2D eigenvalue weighted by molar-refractivity contribution is 5.91. The number of nitrogens with zero attached hydrogens (tertiary/aromatic N) is 1. The molecule has 0 spiro atoms. The minimum atomic E-state index is -0.281. The van der Waals surface area contributed by atoms with Crippen molar-refractivity contribution >= 4 is 12.0 Å². The van der Waals surface area contributed by atoms with Crippen molar-refractivity contribution in [3.05, 3.63) is 41.7 Å². The Morgan fingerprint density at radius 1 is 1.38 bits per heavy atom. The number of amides is 1. The molecular formula is C12H12FNO2. The van der Waals surface area contributed by atoms with E-state index in [9.17, 15) is 9.18 Å². The topological polar surface area (TPSA) is 29.5 Å². The van der Waals surface area contributed by atoms with E-state index in [1.165, 1.54) is 18.2 Å². The maximum absolute atomic E-state index is 12.6. The molecule has 1 fully saturated rings. The van der Waals surface area contributed by atoms with Gasteiger partial charge in [0.1, 0.15) is 12.5 Å². The largest absolute Gasteiger partial charge is 0.359 e. The first kappa shape index (κ1) is 10.8. The number of ether oxygens (including phenoxy) is 1. The molecule has 0 bridgehead atoms. The molecule has 1 heterocycles. The zero-order chi connectivity index (χ0) is 11.4. The van der Waals surface area contributed by atoms with Crippen LogP contribution in [0.5, 0.6) is 0 Å². The van der Waals surface area contributed by atoms with Crippen LogP contribution < -0.4 is 0 Å². The number of halogens is 1. The van der Waals surface area contributed by atoms with Gasteiger partial charge in [-0.25, -0.2) is 4.39 Å². The first-order chi connectivity index (χ1) is 7.75. The Bertz CT molecular complexity index is 394. The zero-order valence-corrected chi connectivity index (χ0v) is 8.73. The molecule has 16 heavy (non-hydrogen) atoms. The van der Waals surface area contributed by atoms with Gasteiger partial charge in [0.05, 0.1) is 6.61 Å². The van der Waals surface area contributed by atoms with E-state index in [4.69, 9.17) is 4.74 Å². The Balaban J connectivity index is 1.97. The van der Waals surface area contributed by atoms with Gasteiger partial charge in [-0.1, -0.05) is 12.1 Å². The summed E-state index contributed by atoms with van der Waals surface area (Å²) in [5, 5.41) is 0. The van der Waals surface area contributed by atoms with Crippen molar-refractivity contribution in [3.8, 4) is 0 Å². The third-order valence-corrected chi connectivity index (χ3v) is 2.35. The van der Waals surface area contributed by atoms with Crippen molar-refractivity contribution in [3.63, 3.8) is 0 Å². The van der Waals surface area contributed by atoms with E-state index in [1.54, 1.807) is 23.1 Å². The fourth-order valence-corrected chi connectivity index (χ4v) is 1.43. The summed E-state index contributed by atoms with van der Waals surface area (Å²) < 4.78 is 17.7. The zero-order valence-electron chi connectivity index (χ0n) is 8.73. The monoisotopic (exact) mass is 221 g/mol. The predicted molar refractivity (Wildman–Crippen MR) is 58.0 cm³/mol. The maximum atomic E-state index is 12.6. The second-order valence-electron chi connectivity index (χ2n) is 3.52. The smallest absolute Gasteiger partial charge is 0.248 e. The molecular weight excluding hydrogens is 209 g/mol. The summed E-state index contributed by atoms with van der Waals surface area (Å²) in [4.78, 5) is 13.2. The highest BCUT2D eigenvalue weighted by atomic mass is 19.1. The summed E-state index contributed by atoms with van der Waals surface area (Å²) >= 11 is 0. The molecule has 1 aliphatic rings. The second kappa shape index (κ2) is 4.90. The van der Waals surface area contributed by atoms with Gasteiger partial charge in [-0.05, 0) is 23.8 Å². The minimum Gasteiger partial charge on any atom is -0.359 e. The van der Waals surface area contributed by atoms with Crippen LogP contribution in [-0.4, -0.2) is 30.7 Å². The summed E-state index contributed by atoms with van der Waals surface area (Å²) in [6, 6.07) is 5.98. The van der Waals surface area contributed by atoms with E-state index in [1.807, 2.05) is 0 Å². The minimum absolute atomic E-state index is 0.0816. The molecule has 2 rings (SSSR count). The fraction of sp³-hybridized carbons (Fsp3) is 0.250. The molecule has 4 heteroatoms. The van der Waals surface area contributed by atoms with E-state index in [0.717, 1.165) is 5.56 Å². The molecule has 0 saturated carbocycles. The SMILES string of the molecule is O=C(C=Cc1ccc(F)cc1)N1CCOC1. The molecule has 3 nitrogen and oxygen atoms in total. The normalized spacial score (nSPS) is 15.9. The molecule has 0 atom stereocenters. The molecule has 1 aliphatic heterocycles. The quantitative estimate of drug-likeness (QED) is 0.711. The van der Waals surface area contributed by atoms with Gasteiger partial charge < -0.3 is 9.64 Å². The van der Waals surface area contributed by atoms with Crippen LogP contribution in [0.3, 0.4) is 0 Å². The lowest BCUT2D eigenvalue weighted by molar-refractivity contribution is -0.126. The molecule has 1 saturated heterocycles. The van der Waals surface area contributed by atoms with Crippen molar-refractivity contribution < 1.29 is 13.9 Å². The molecule has 0 N–H and O–H groups in total. The fourth-order valence-electron chi connectivity index (χ4n) is 1.43. The second-order valence-corrected chi connectivity index (χ2v) is 3.52. The van der Waals surface area contributed by atoms with Gasteiger partial charge in [0, 0.05) is 12.6 Å². The lowest BCUT2D eigenvalue weighted by atomic mass is 10.2. The van der Waals surface area contributed by atoms with Crippen LogP contribution in [0.2, 0.25) is 0 Å². The van der Waals surface area contributed by atoms with Crippen molar-refractivity contribution in [2.24, 2.45) is 0 Å². The lowest BCUT2D eigenvalue weighted by Gasteiger charge is -2.09. The van der Waals surface area contributed by atoms with Crippen LogP contribution in [0.4, 0.5) is 4.39 Å². The molecule has 1 amide bonds. The van der Waals surface area contributed by atoms with Crippen LogP contribution in [0.25, 0.3) is 6.08 Å². The van der Waals surface area contributed by atoms with E-state index >= 15 is 0 Å². The Labute approximate surface area is 93.1 Å². The number of carbonyl (C=O) groups excluding carboxylic acids is 1. The van der Waals surface area contributed by atoms with E-state index in [-0.39, 0.29) is 11.7 Å².